The monoisotopic (exact) mass is 522 g/mol. The van der Waals surface area contributed by atoms with Gasteiger partial charge in [0.15, 0.2) is 0 Å². The Hall–Kier alpha value is -1.79. The van der Waals surface area contributed by atoms with E-state index in [1.807, 2.05) is 0 Å². The van der Waals surface area contributed by atoms with Gasteiger partial charge in [-0.1, -0.05) is 6.07 Å². The molecule has 0 bridgehead atoms. The van der Waals surface area contributed by atoms with E-state index < -0.39 is 27.7 Å². The van der Waals surface area contributed by atoms with E-state index in [0.717, 1.165) is 49.7 Å². The molecule has 6 nitrogen and oxygen atoms in total. The summed E-state index contributed by atoms with van der Waals surface area (Å²) in [5, 5.41) is 0. The number of aromatic nitrogens is 1. The summed E-state index contributed by atoms with van der Waals surface area (Å²) in [6.45, 7) is 4.23. The van der Waals surface area contributed by atoms with Crippen molar-refractivity contribution in [2.45, 2.75) is 36.5 Å². The van der Waals surface area contributed by atoms with Crippen LogP contribution in [0.2, 0.25) is 0 Å². The Morgan fingerprint density at radius 3 is 2.06 bits per heavy atom. The number of rotatable bonds is 5. The van der Waals surface area contributed by atoms with Crippen molar-refractivity contribution in [2.24, 2.45) is 0 Å². The second kappa shape index (κ2) is 10.9. The molecule has 2 saturated heterocycles. The number of hydrogen-bond acceptors (Lipinski definition) is 5. The Kier molecular flexibility index (Phi) is 8.56. The predicted molar refractivity (Wildman–Crippen MR) is 122 cm³/mol. The number of alkyl halides is 3. The van der Waals surface area contributed by atoms with Crippen molar-refractivity contribution in [1.29, 1.82) is 0 Å². The van der Waals surface area contributed by atoms with Crippen LogP contribution < -0.4 is 0 Å². The molecule has 0 spiro atoms. The number of benzene rings is 1. The quantitative estimate of drug-likeness (QED) is 0.561. The zero-order chi connectivity index (χ0) is 23.6. The summed E-state index contributed by atoms with van der Waals surface area (Å²) in [7, 11) is -3.63. The summed E-state index contributed by atoms with van der Waals surface area (Å²) in [5.41, 5.74) is -0.133. The molecule has 0 unspecified atom stereocenters. The second-order valence-electron chi connectivity index (χ2n) is 8.45. The number of likely N-dealkylation sites (tertiary alicyclic amines) is 1. The lowest BCUT2D eigenvalue weighted by atomic mass is 10.0. The first-order chi connectivity index (χ1) is 15.6. The predicted octanol–water partition coefficient (Wildman–Crippen LogP) is 3.63. The van der Waals surface area contributed by atoms with Crippen molar-refractivity contribution in [3.63, 3.8) is 0 Å². The van der Waals surface area contributed by atoms with Crippen molar-refractivity contribution >= 4 is 22.4 Å². The Morgan fingerprint density at radius 1 is 0.912 bits per heavy atom. The summed E-state index contributed by atoms with van der Waals surface area (Å²) in [4.78, 5) is 8.14. The van der Waals surface area contributed by atoms with Gasteiger partial charge in [-0.2, -0.15) is 17.5 Å². The highest BCUT2D eigenvalue weighted by atomic mass is 35.5. The minimum absolute atomic E-state index is 0. The van der Waals surface area contributed by atoms with Crippen molar-refractivity contribution < 1.29 is 26.0 Å². The molecule has 2 aromatic rings. The van der Waals surface area contributed by atoms with E-state index in [-0.39, 0.29) is 17.3 Å². The van der Waals surface area contributed by atoms with Gasteiger partial charge in [-0.3, -0.25) is 14.8 Å². The molecule has 0 atom stereocenters. The van der Waals surface area contributed by atoms with Gasteiger partial charge in [-0.25, -0.2) is 12.8 Å². The summed E-state index contributed by atoms with van der Waals surface area (Å²) < 4.78 is 78.1. The average molecular weight is 523 g/mol. The SMILES string of the molecule is Cl.O=S(=O)(c1ccc(F)cc1)N1CCN(C2CCN(Cc3ccc(C(F)(F)F)nc3)CC2)CC1. The molecule has 2 aliphatic rings. The molecule has 3 heterocycles. The lowest BCUT2D eigenvalue weighted by molar-refractivity contribution is -0.141. The number of nitrogens with zero attached hydrogens (tertiary/aromatic N) is 4. The van der Waals surface area contributed by atoms with Crippen LogP contribution in [0, 0.1) is 5.82 Å². The normalized spacial score (nSPS) is 19.6. The van der Waals surface area contributed by atoms with Crippen molar-refractivity contribution in [3.8, 4) is 0 Å². The molecule has 1 aromatic heterocycles. The zero-order valence-corrected chi connectivity index (χ0v) is 20.0. The molecule has 0 aliphatic carbocycles. The highest BCUT2D eigenvalue weighted by Gasteiger charge is 2.33. The van der Waals surface area contributed by atoms with E-state index >= 15 is 0 Å². The largest absolute Gasteiger partial charge is 0.433 e. The highest BCUT2D eigenvalue weighted by Crippen LogP contribution is 2.28. The molecule has 0 amide bonds. The van der Waals surface area contributed by atoms with Crippen LogP contribution in [0.25, 0.3) is 0 Å². The Morgan fingerprint density at radius 2 is 1.53 bits per heavy atom. The lowest BCUT2D eigenvalue weighted by Gasteiger charge is -2.42. The molecular weight excluding hydrogens is 496 g/mol. The minimum atomic E-state index is -4.43. The van der Waals surface area contributed by atoms with Crippen LogP contribution in [-0.2, 0) is 22.7 Å². The van der Waals surface area contributed by atoms with Crippen molar-refractivity contribution in [1.82, 2.24) is 19.1 Å². The maximum atomic E-state index is 13.1. The van der Waals surface area contributed by atoms with Crippen LogP contribution in [0.5, 0.6) is 0 Å². The molecule has 12 heteroatoms. The van der Waals surface area contributed by atoms with Gasteiger partial charge in [-0.05, 0) is 61.8 Å². The number of sulfonamides is 1. The third-order valence-electron chi connectivity index (χ3n) is 6.32. The van der Waals surface area contributed by atoms with Crippen molar-refractivity contribution in [3.05, 3.63) is 59.7 Å². The van der Waals surface area contributed by atoms with Gasteiger partial charge in [-0.15, -0.1) is 12.4 Å². The van der Waals surface area contributed by atoms with E-state index in [1.165, 1.54) is 28.7 Å². The third-order valence-corrected chi connectivity index (χ3v) is 8.23. The fourth-order valence-corrected chi connectivity index (χ4v) is 5.87. The summed E-state index contributed by atoms with van der Waals surface area (Å²) >= 11 is 0. The molecule has 4 rings (SSSR count). The van der Waals surface area contributed by atoms with Gasteiger partial charge >= 0.3 is 6.18 Å². The van der Waals surface area contributed by atoms with Gasteiger partial charge < -0.3 is 0 Å². The van der Waals surface area contributed by atoms with Crippen LogP contribution in [0.1, 0.15) is 24.1 Å². The number of halogens is 5. The Labute approximate surface area is 203 Å². The van der Waals surface area contributed by atoms with E-state index in [1.54, 1.807) is 0 Å². The van der Waals surface area contributed by atoms with Crippen LogP contribution in [0.3, 0.4) is 0 Å². The molecule has 188 valence electrons. The van der Waals surface area contributed by atoms with Crippen molar-refractivity contribution in [2.75, 3.05) is 39.3 Å². The van der Waals surface area contributed by atoms with Crippen LogP contribution in [-0.4, -0.2) is 72.8 Å². The van der Waals surface area contributed by atoms with E-state index in [0.29, 0.717) is 38.8 Å². The van der Waals surface area contributed by atoms with Crippen LogP contribution in [0.4, 0.5) is 17.6 Å². The number of piperazine rings is 1. The minimum Gasteiger partial charge on any atom is -0.299 e. The average Bonchev–Trinajstić information content (AvgIpc) is 2.80. The highest BCUT2D eigenvalue weighted by molar-refractivity contribution is 7.89. The van der Waals surface area contributed by atoms with E-state index in [2.05, 4.69) is 14.8 Å². The molecular formula is C22H27ClF4N4O2S. The first-order valence-corrected chi connectivity index (χ1v) is 12.3. The van der Waals surface area contributed by atoms with E-state index in [9.17, 15) is 26.0 Å². The number of piperidine rings is 1. The van der Waals surface area contributed by atoms with Gasteiger partial charge in [0, 0.05) is 45.0 Å². The maximum absolute atomic E-state index is 13.1. The van der Waals surface area contributed by atoms with Crippen LogP contribution >= 0.6 is 12.4 Å². The van der Waals surface area contributed by atoms with Gasteiger partial charge in [0.2, 0.25) is 10.0 Å². The Bertz CT molecular complexity index is 1040. The standard InChI is InChI=1S/C22H26F4N4O2S.ClH/c23-18-2-4-20(5-3-18)33(31,32)30-13-11-29(12-14-30)19-7-9-28(10-8-19)16-17-1-6-21(27-15-17)22(24,25)26;/h1-6,15,19H,7-14,16H2;1H. The third kappa shape index (κ3) is 6.25. The van der Waals surface area contributed by atoms with Gasteiger partial charge in [0.05, 0.1) is 4.90 Å². The van der Waals surface area contributed by atoms with Crippen LogP contribution in [0.15, 0.2) is 47.5 Å². The molecule has 0 saturated carbocycles. The van der Waals surface area contributed by atoms with Gasteiger partial charge in [0.25, 0.3) is 0 Å². The lowest BCUT2D eigenvalue weighted by Crippen LogP contribution is -2.54. The zero-order valence-electron chi connectivity index (χ0n) is 18.4. The summed E-state index contributed by atoms with van der Waals surface area (Å²) in [6.07, 6.45) is -1.31. The number of hydrogen-bond donors (Lipinski definition) is 0. The summed E-state index contributed by atoms with van der Waals surface area (Å²) in [6, 6.07) is 7.72. The van der Waals surface area contributed by atoms with Gasteiger partial charge in [0.1, 0.15) is 11.5 Å². The number of pyridine rings is 1. The maximum Gasteiger partial charge on any atom is 0.433 e. The molecule has 2 fully saturated rings. The second-order valence-corrected chi connectivity index (χ2v) is 10.4. The molecule has 34 heavy (non-hydrogen) atoms. The van der Waals surface area contributed by atoms with E-state index in [4.69, 9.17) is 0 Å². The topological polar surface area (TPSA) is 56.8 Å². The molecule has 0 N–H and O–H groups in total. The Balaban J connectivity index is 0.00000324. The smallest absolute Gasteiger partial charge is 0.299 e. The first kappa shape index (κ1) is 26.8. The fourth-order valence-electron chi connectivity index (χ4n) is 4.45. The molecule has 2 aliphatic heterocycles. The molecule has 0 radical (unpaired) electrons. The molecule has 1 aromatic carbocycles. The first-order valence-electron chi connectivity index (χ1n) is 10.9. The fraction of sp³-hybridized carbons (Fsp3) is 0.500. The summed E-state index contributed by atoms with van der Waals surface area (Å²) in [5.74, 6) is -0.473.